The Morgan fingerprint density at radius 3 is 2.30 bits per heavy atom. The van der Waals surface area contributed by atoms with Crippen molar-refractivity contribution < 1.29 is 23.9 Å². The number of carbonyl (C=O) groups is 3. The van der Waals surface area contributed by atoms with E-state index in [1.807, 2.05) is 0 Å². The molecule has 0 saturated carbocycles. The first-order chi connectivity index (χ1) is 9.58. The van der Waals surface area contributed by atoms with Crippen LogP contribution in [0.2, 0.25) is 0 Å². The zero-order valence-electron chi connectivity index (χ0n) is 11.4. The summed E-state index contributed by atoms with van der Waals surface area (Å²) >= 11 is 0. The average molecular weight is 279 g/mol. The van der Waals surface area contributed by atoms with Crippen LogP contribution in [0.4, 0.5) is 0 Å². The smallest absolute Gasteiger partial charge is 0.328 e. The highest BCUT2D eigenvalue weighted by Gasteiger charge is 2.23. The van der Waals surface area contributed by atoms with Crippen LogP contribution in [0.15, 0.2) is 30.3 Å². The molecule has 0 radical (unpaired) electrons. The maximum absolute atomic E-state index is 12.0. The van der Waals surface area contributed by atoms with Crippen molar-refractivity contribution in [1.82, 2.24) is 5.32 Å². The normalized spacial score (nSPS) is 11.3. The molecule has 0 fully saturated rings. The summed E-state index contributed by atoms with van der Waals surface area (Å²) in [5.41, 5.74) is 0.430. The molecule has 0 heterocycles. The van der Waals surface area contributed by atoms with Gasteiger partial charge in [-0.15, -0.1) is 0 Å². The summed E-state index contributed by atoms with van der Waals surface area (Å²) < 4.78 is 9.11. The Balaban J connectivity index is 2.67. The molecule has 1 atom stereocenters. The molecule has 0 aromatic heterocycles. The Bertz CT molecular complexity index is 472. The first kappa shape index (κ1) is 15.7. The van der Waals surface area contributed by atoms with Crippen molar-refractivity contribution in [3.63, 3.8) is 0 Å². The Morgan fingerprint density at radius 1 is 1.10 bits per heavy atom. The number of methoxy groups -OCH3 is 2. The van der Waals surface area contributed by atoms with E-state index in [4.69, 9.17) is 0 Å². The van der Waals surface area contributed by atoms with E-state index in [1.165, 1.54) is 14.2 Å². The number of amides is 1. The fraction of sp³-hybridized carbons (Fsp3) is 0.357. The van der Waals surface area contributed by atoms with E-state index in [9.17, 15) is 14.4 Å². The van der Waals surface area contributed by atoms with Crippen LogP contribution in [0, 0.1) is 0 Å². The first-order valence-electron chi connectivity index (χ1n) is 6.09. The predicted molar refractivity (Wildman–Crippen MR) is 71.0 cm³/mol. The summed E-state index contributed by atoms with van der Waals surface area (Å²) in [4.78, 5) is 34.6. The molecule has 1 aromatic rings. The maximum atomic E-state index is 12.0. The SMILES string of the molecule is COC(=O)CC[C@H](NC(=O)c1ccccc1)C(=O)OC. The highest BCUT2D eigenvalue weighted by Crippen LogP contribution is 2.04. The molecular formula is C14H17NO5. The molecule has 1 amide bonds. The third-order valence-corrected chi connectivity index (χ3v) is 2.69. The van der Waals surface area contributed by atoms with E-state index in [-0.39, 0.29) is 12.8 Å². The second-order valence-electron chi connectivity index (χ2n) is 4.03. The van der Waals surface area contributed by atoms with Crippen LogP contribution < -0.4 is 5.32 Å². The molecule has 0 aliphatic rings. The number of esters is 2. The lowest BCUT2D eigenvalue weighted by atomic mass is 10.1. The predicted octanol–water partition coefficient (Wildman–Crippen LogP) is 0.911. The standard InChI is InChI=1S/C14H17NO5/c1-19-12(16)9-8-11(14(18)20-2)15-13(17)10-6-4-3-5-7-10/h3-7,11H,8-9H2,1-2H3,(H,15,17)/t11-/m0/s1. The van der Waals surface area contributed by atoms with E-state index in [0.717, 1.165) is 0 Å². The maximum Gasteiger partial charge on any atom is 0.328 e. The minimum absolute atomic E-state index is 0.0192. The highest BCUT2D eigenvalue weighted by molar-refractivity contribution is 5.96. The average Bonchev–Trinajstić information content (AvgIpc) is 2.50. The van der Waals surface area contributed by atoms with Gasteiger partial charge in [0, 0.05) is 12.0 Å². The van der Waals surface area contributed by atoms with Gasteiger partial charge in [0.05, 0.1) is 14.2 Å². The Kier molecular flexibility index (Phi) is 6.22. The van der Waals surface area contributed by atoms with Gasteiger partial charge in [0.15, 0.2) is 0 Å². The molecule has 0 aliphatic heterocycles. The molecule has 0 unspecified atom stereocenters. The summed E-state index contributed by atoms with van der Waals surface area (Å²) in [6, 6.07) is 7.60. The van der Waals surface area contributed by atoms with Crippen LogP contribution >= 0.6 is 0 Å². The number of carbonyl (C=O) groups excluding carboxylic acids is 3. The monoisotopic (exact) mass is 279 g/mol. The quantitative estimate of drug-likeness (QED) is 0.783. The van der Waals surface area contributed by atoms with Crippen LogP contribution in [0.25, 0.3) is 0 Å². The zero-order valence-corrected chi connectivity index (χ0v) is 11.4. The lowest BCUT2D eigenvalue weighted by molar-refractivity contribution is -0.144. The molecule has 0 bridgehead atoms. The van der Waals surface area contributed by atoms with Crippen molar-refractivity contribution in [3.05, 3.63) is 35.9 Å². The lowest BCUT2D eigenvalue weighted by Crippen LogP contribution is -2.41. The van der Waals surface area contributed by atoms with Gasteiger partial charge in [0.1, 0.15) is 6.04 Å². The Labute approximate surface area is 117 Å². The largest absolute Gasteiger partial charge is 0.469 e. The molecule has 0 spiro atoms. The van der Waals surface area contributed by atoms with Gasteiger partial charge in [-0.05, 0) is 18.6 Å². The number of rotatable bonds is 6. The van der Waals surface area contributed by atoms with Crippen LogP contribution in [0.1, 0.15) is 23.2 Å². The van der Waals surface area contributed by atoms with E-state index < -0.39 is 23.9 Å². The van der Waals surface area contributed by atoms with Crippen molar-refractivity contribution >= 4 is 17.8 Å². The van der Waals surface area contributed by atoms with E-state index in [0.29, 0.717) is 5.56 Å². The Morgan fingerprint density at radius 2 is 1.75 bits per heavy atom. The minimum Gasteiger partial charge on any atom is -0.469 e. The van der Waals surface area contributed by atoms with Gasteiger partial charge in [-0.25, -0.2) is 4.79 Å². The van der Waals surface area contributed by atoms with Gasteiger partial charge >= 0.3 is 11.9 Å². The first-order valence-corrected chi connectivity index (χ1v) is 6.09. The van der Waals surface area contributed by atoms with Crippen LogP contribution in [0.5, 0.6) is 0 Å². The fourth-order valence-corrected chi connectivity index (χ4v) is 1.59. The summed E-state index contributed by atoms with van der Waals surface area (Å²) in [6.07, 6.45) is 0.142. The van der Waals surface area contributed by atoms with E-state index in [2.05, 4.69) is 14.8 Å². The van der Waals surface area contributed by atoms with Crippen molar-refractivity contribution in [3.8, 4) is 0 Å². The molecule has 1 rings (SSSR count). The lowest BCUT2D eigenvalue weighted by Gasteiger charge is -2.15. The molecule has 6 nitrogen and oxygen atoms in total. The summed E-state index contributed by atoms with van der Waals surface area (Å²) in [7, 11) is 2.49. The van der Waals surface area contributed by atoms with Crippen molar-refractivity contribution in [2.45, 2.75) is 18.9 Å². The van der Waals surface area contributed by atoms with Gasteiger partial charge < -0.3 is 14.8 Å². The number of nitrogens with one attached hydrogen (secondary N) is 1. The van der Waals surface area contributed by atoms with Crippen molar-refractivity contribution in [1.29, 1.82) is 0 Å². The van der Waals surface area contributed by atoms with E-state index >= 15 is 0 Å². The number of hydrogen-bond donors (Lipinski definition) is 1. The molecule has 1 N–H and O–H groups in total. The zero-order chi connectivity index (χ0) is 15.0. The third kappa shape index (κ3) is 4.72. The minimum atomic E-state index is -0.883. The second-order valence-corrected chi connectivity index (χ2v) is 4.03. The molecule has 1 aromatic carbocycles. The van der Waals surface area contributed by atoms with Crippen LogP contribution in [-0.4, -0.2) is 38.1 Å². The molecule has 20 heavy (non-hydrogen) atoms. The summed E-state index contributed by atoms with van der Waals surface area (Å²) in [6.45, 7) is 0. The second kappa shape index (κ2) is 7.93. The summed E-state index contributed by atoms with van der Waals surface area (Å²) in [5.74, 6) is -1.45. The summed E-state index contributed by atoms with van der Waals surface area (Å²) in [5, 5.41) is 2.54. The van der Waals surface area contributed by atoms with Gasteiger partial charge in [0.25, 0.3) is 5.91 Å². The van der Waals surface area contributed by atoms with Gasteiger partial charge in [-0.3, -0.25) is 9.59 Å². The molecule has 6 heteroatoms. The molecule has 108 valence electrons. The van der Waals surface area contributed by atoms with Gasteiger partial charge in [-0.1, -0.05) is 18.2 Å². The fourth-order valence-electron chi connectivity index (χ4n) is 1.59. The third-order valence-electron chi connectivity index (χ3n) is 2.69. The molecular weight excluding hydrogens is 262 g/mol. The van der Waals surface area contributed by atoms with Crippen LogP contribution in [-0.2, 0) is 19.1 Å². The highest BCUT2D eigenvalue weighted by atomic mass is 16.5. The molecule has 0 aliphatic carbocycles. The van der Waals surface area contributed by atoms with Crippen molar-refractivity contribution in [2.75, 3.05) is 14.2 Å². The van der Waals surface area contributed by atoms with Gasteiger partial charge in [-0.2, -0.15) is 0 Å². The van der Waals surface area contributed by atoms with Crippen LogP contribution in [0.3, 0.4) is 0 Å². The number of benzene rings is 1. The van der Waals surface area contributed by atoms with E-state index in [1.54, 1.807) is 30.3 Å². The number of hydrogen-bond acceptors (Lipinski definition) is 5. The van der Waals surface area contributed by atoms with Gasteiger partial charge in [0.2, 0.25) is 0 Å². The molecule has 0 saturated heterocycles. The Hall–Kier alpha value is -2.37. The topological polar surface area (TPSA) is 81.7 Å². The van der Waals surface area contributed by atoms with Crippen molar-refractivity contribution in [2.24, 2.45) is 0 Å². The number of ether oxygens (including phenoxy) is 2.